The zero-order valence-corrected chi connectivity index (χ0v) is 20.9. The number of rotatable bonds is 9. The molecule has 1 fully saturated rings. The average Bonchev–Trinajstić information content (AvgIpc) is 3.66. The lowest BCUT2D eigenvalue weighted by Crippen LogP contribution is -2.30. The van der Waals surface area contributed by atoms with Gasteiger partial charge in [0, 0.05) is 37.0 Å². The first-order valence-electron chi connectivity index (χ1n) is 11.9. The van der Waals surface area contributed by atoms with E-state index in [4.69, 9.17) is 0 Å². The van der Waals surface area contributed by atoms with Gasteiger partial charge in [-0.1, -0.05) is 36.4 Å². The first-order chi connectivity index (χ1) is 16.8. The molecule has 0 aliphatic heterocycles. The minimum atomic E-state index is -3.33. The number of carbonyl (C=O) groups is 2. The molecule has 0 bridgehead atoms. The molecule has 3 aromatic carbocycles. The van der Waals surface area contributed by atoms with Crippen molar-refractivity contribution in [3.05, 3.63) is 90.0 Å². The van der Waals surface area contributed by atoms with Gasteiger partial charge in [-0.15, -0.1) is 0 Å². The molecule has 0 radical (unpaired) electrons. The predicted molar refractivity (Wildman–Crippen MR) is 137 cm³/mol. The van der Waals surface area contributed by atoms with Gasteiger partial charge in [0.15, 0.2) is 9.84 Å². The van der Waals surface area contributed by atoms with E-state index in [1.54, 1.807) is 53.4 Å². The minimum absolute atomic E-state index is 0.122. The lowest BCUT2D eigenvalue weighted by atomic mass is 10.1. The average molecular weight is 491 g/mol. The van der Waals surface area contributed by atoms with E-state index in [0.29, 0.717) is 30.0 Å². The molecule has 0 saturated heterocycles. The van der Waals surface area contributed by atoms with Crippen LogP contribution in [-0.2, 0) is 21.2 Å². The van der Waals surface area contributed by atoms with Crippen molar-refractivity contribution in [1.82, 2.24) is 4.90 Å². The van der Waals surface area contributed by atoms with Crippen LogP contribution in [0.1, 0.15) is 42.6 Å². The summed E-state index contributed by atoms with van der Waals surface area (Å²) in [5.74, 6) is 0.0744. The fraction of sp³-hybridized carbons (Fsp3) is 0.286. The zero-order valence-electron chi connectivity index (χ0n) is 20.1. The Labute approximate surface area is 207 Å². The van der Waals surface area contributed by atoms with E-state index in [9.17, 15) is 18.0 Å². The first-order valence-corrected chi connectivity index (χ1v) is 13.5. The Kier molecular flexibility index (Phi) is 7.36. The SMILES string of the molecule is CCN(Cc1ccccc1)C(=O)c1cccc(N(C(C)=O)c2ccc(S(=O)(=O)CC3CC3)cc2)c1. The molecule has 0 spiro atoms. The fourth-order valence-electron chi connectivity index (χ4n) is 4.10. The Hall–Kier alpha value is -3.45. The van der Waals surface area contributed by atoms with Crippen molar-refractivity contribution in [1.29, 1.82) is 0 Å². The number of nitrogens with zero attached hydrogens (tertiary/aromatic N) is 2. The monoisotopic (exact) mass is 490 g/mol. The standard InChI is InChI=1S/C28H30N2O4S/c1-3-29(19-22-8-5-4-6-9-22)28(32)24-10-7-11-26(18-24)30(21(2)31)25-14-16-27(17-15-25)35(33,34)20-23-12-13-23/h4-11,14-18,23H,3,12-13,19-20H2,1-2H3. The third-order valence-electron chi connectivity index (χ3n) is 6.16. The number of anilines is 2. The molecule has 0 atom stereocenters. The van der Waals surface area contributed by atoms with Gasteiger partial charge in [-0.25, -0.2) is 8.42 Å². The molecule has 4 rings (SSSR count). The van der Waals surface area contributed by atoms with Crippen LogP contribution < -0.4 is 4.90 Å². The second-order valence-electron chi connectivity index (χ2n) is 8.93. The highest BCUT2D eigenvalue weighted by Crippen LogP contribution is 2.33. The van der Waals surface area contributed by atoms with Gasteiger partial charge in [0.1, 0.15) is 0 Å². The predicted octanol–water partition coefficient (Wildman–Crippen LogP) is 5.22. The molecule has 1 aliphatic rings. The first kappa shape index (κ1) is 24.7. The minimum Gasteiger partial charge on any atom is -0.335 e. The van der Waals surface area contributed by atoms with Crippen molar-refractivity contribution < 1.29 is 18.0 Å². The quantitative estimate of drug-likeness (QED) is 0.412. The summed E-state index contributed by atoms with van der Waals surface area (Å²) in [6, 6.07) is 23.2. The van der Waals surface area contributed by atoms with Crippen LogP contribution in [0.15, 0.2) is 83.8 Å². The topological polar surface area (TPSA) is 74.8 Å². The van der Waals surface area contributed by atoms with Crippen LogP contribution in [0.2, 0.25) is 0 Å². The maximum Gasteiger partial charge on any atom is 0.254 e. The van der Waals surface area contributed by atoms with Crippen molar-refractivity contribution in [3.63, 3.8) is 0 Å². The van der Waals surface area contributed by atoms with Crippen molar-refractivity contribution in [3.8, 4) is 0 Å². The summed E-state index contributed by atoms with van der Waals surface area (Å²) in [5, 5.41) is 0. The zero-order chi connectivity index (χ0) is 25.0. The summed E-state index contributed by atoms with van der Waals surface area (Å²) in [6.45, 7) is 4.42. The molecule has 3 aromatic rings. The summed E-state index contributed by atoms with van der Waals surface area (Å²) in [5.41, 5.74) is 2.62. The van der Waals surface area contributed by atoms with Gasteiger partial charge in [0.05, 0.1) is 10.6 Å². The molecule has 182 valence electrons. The molecule has 6 nitrogen and oxygen atoms in total. The smallest absolute Gasteiger partial charge is 0.254 e. The second-order valence-corrected chi connectivity index (χ2v) is 11.0. The van der Waals surface area contributed by atoms with Crippen LogP contribution in [-0.4, -0.2) is 37.4 Å². The van der Waals surface area contributed by atoms with Crippen molar-refractivity contribution >= 4 is 33.0 Å². The Morgan fingerprint density at radius 3 is 2.17 bits per heavy atom. The molecule has 0 aromatic heterocycles. The van der Waals surface area contributed by atoms with Crippen molar-refractivity contribution in [2.75, 3.05) is 17.2 Å². The van der Waals surface area contributed by atoms with Crippen LogP contribution in [0.3, 0.4) is 0 Å². The number of sulfone groups is 1. The summed E-state index contributed by atoms with van der Waals surface area (Å²) in [7, 11) is -3.33. The molecular weight excluding hydrogens is 460 g/mol. The molecule has 0 unspecified atom stereocenters. The van der Waals surface area contributed by atoms with Crippen LogP contribution >= 0.6 is 0 Å². The highest BCUT2D eigenvalue weighted by molar-refractivity contribution is 7.91. The molecule has 7 heteroatoms. The summed E-state index contributed by atoms with van der Waals surface area (Å²) in [6.07, 6.45) is 1.93. The van der Waals surface area contributed by atoms with Gasteiger partial charge < -0.3 is 4.90 Å². The van der Waals surface area contributed by atoms with Gasteiger partial charge in [-0.3, -0.25) is 14.5 Å². The van der Waals surface area contributed by atoms with Crippen LogP contribution in [0.4, 0.5) is 11.4 Å². The highest BCUT2D eigenvalue weighted by Gasteiger charge is 2.29. The lowest BCUT2D eigenvalue weighted by Gasteiger charge is -2.24. The van der Waals surface area contributed by atoms with E-state index < -0.39 is 9.84 Å². The maximum atomic E-state index is 13.3. The molecule has 1 aliphatic carbocycles. The van der Waals surface area contributed by atoms with Crippen LogP contribution in [0.25, 0.3) is 0 Å². The van der Waals surface area contributed by atoms with Gasteiger partial charge in [0.2, 0.25) is 5.91 Å². The number of amides is 2. The van der Waals surface area contributed by atoms with E-state index >= 15 is 0 Å². The lowest BCUT2D eigenvalue weighted by molar-refractivity contribution is -0.115. The highest BCUT2D eigenvalue weighted by atomic mass is 32.2. The molecule has 35 heavy (non-hydrogen) atoms. The third kappa shape index (κ3) is 5.98. The Balaban J connectivity index is 1.58. The van der Waals surface area contributed by atoms with E-state index in [2.05, 4.69) is 0 Å². The Morgan fingerprint density at radius 2 is 1.57 bits per heavy atom. The van der Waals surface area contributed by atoms with Gasteiger partial charge >= 0.3 is 0 Å². The molecular formula is C28H30N2O4S. The normalized spacial score (nSPS) is 13.3. The van der Waals surface area contributed by atoms with E-state index in [-0.39, 0.29) is 28.4 Å². The number of benzene rings is 3. The van der Waals surface area contributed by atoms with E-state index in [1.807, 2.05) is 37.3 Å². The largest absolute Gasteiger partial charge is 0.335 e. The Morgan fingerprint density at radius 1 is 0.886 bits per heavy atom. The third-order valence-corrected chi connectivity index (χ3v) is 8.06. The number of hydrogen-bond donors (Lipinski definition) is 0. The van der Waals surface area contributed by atoms with Gasteiger partial charge in [-0.2, -0.15) is 0 Å². The second kappa shape index (κ2) is 10.4. The fourth-order valence-corrected chi connectivity index (χ4v) is 5.80. The molecule has 0 heterocycles. The van der Waals surface area contributed by atoms with Crippen molar-refractivity contribution in [2.45, 2.75) is 38.1 Å². The molecule has 0 N–H and O–H groups in total. The summed E-state index contributed by atoms with van der Waals surface area (Å²) >= 11 is 0. The van der Waals surface area contributed by atoms with Gasteiger partial charge in [0.25, 0.3) is 5.91 Å². The summed E-state index contributed by atoms with van der Waals surface area (Å²) in [4.78, 5) is 29.4. The molecule has 2 amide bonds. The number of carbonyl (C=O) groups excluding carboxylic acids is 2. The van der Waals surface area contributed by atoms with E-state index in [1.165, 1.54) is 11.8 Å². The Bertz CT molecular complexity index is 1300. The van der Waals surface area contributed by atoms with Crippen molar-refractivity contribution in [2.24, 2.45) is 5.92 Å². The van der Waals surface area contributed by atoms with Crippen LogP contribution in [0, 0.1) is 5.92 Å². The van der Waals surface area contributed by atoms with E-state index in [0.717, 1.165) is 18.4 Å². The number of hydrogen-bond acceptors (Lipinski definition) is 4. The maximum absolute atomic E-state index is 13.3. The van der Waals surface area contributed by atoms with Crippen LogP contribution in [0.5, 0.6) is 0 Å². The molecule has 1 saturated carbocycles. The summed E-state index contributed by atoms with van der Waals surface area (Å²) < 4.78 is 25.2. The van der Waals surface area contributed by atoms with Gasteiger partial charge in [-0.05, 0) is 73.7 Å².